The van der Waals surface area contributed by atoms with E-state index in [4.69, 9.17) is 0 Å². The van der Waals surface area contributed by atoms with Crippen LogP contribution in [0.5, 0.6) is 0 Å². The van der Waals surface area contributed by atoms with Crippen LogP contribution in [0.4, 0.5) is 4.79 Å². The lowest BCUT2D eigenvalue weighted by molar-refractivity contribution is 0.0625. The normalized spacial score (nSPS) is 18.9. The Hall–Kier alpha value is -0.770. The summed E-state index contributed by atoms with van der Waals surface area (Å²) in [6, 6.07) is -0.0550. The van der Waals surface area contributed by atoms with E-state index in [2.05, 4.69) is 29.6 Å². The van der Waals surface area contributed by atoms with Crippen LogP contribution in [0.2, 0.25) is 0 Å². The summed E-state index contributed by atoms with van der Waals surface area (Å²) in [7, 11) is 4.16. The van der Waals surface area contributed by atoms with Gasteiger partial charge in [0.15, 0.2) is 0 Å². The lowest BCUT2D eigenvalue weighted by atomic mass is 9.75. The fourth-order valence-electron chi connectivity index (χ4n) is 1.83. The van der Waals surface area contributed by atoms with Gasteiger partial charge in [-0.1, -0.05) is 0 Å². The standard InChI is InChI=1S/C10H21N3O/c1-4-11-9(14)12-8-10(13(2)3)6-5-7-10/h4-8H2,1-3H3,(H2,11,12,14). The number of rotatable bonds is 4. The van der Waals surface area contributed by atoms with E-state index in [1.807, 2.05) is 6.92 Å². The van der Waals surface area contributed by atoms with Crippen molar-refractivity contribution < 1.29 is 4.79 Å². The number of hydrogen-bond acceptors (Lipinski definition) is 2. The van der Waals surface area contributed by atoms with Crippen molar-refractivity contribution in [3.8, 4) is 0 Å². The number of nitrogens with one attached hydrogen (secondary N) is 2. The lowest BCUT2D eigenvalue weighted by Gasteiger charge is -2.47. The van der Waals surface area contributed by atoms with Gasteiger partial charge in [0.1, 0.15) is 0 Å². The summed E-state index contributed by atoms with van der Waals surface area (Å²) in [4.78, 5) is 13.4. The van der Waals surface area contributed by atoms with Gasteiger partial charge >= 0.3 is 6.03 Å². The fourth-order valence-corrected chi connectivity index (χ4v) is 1.83. The van der Waals surface area contributed by atoms with Crippen LogP contribution >= 0.6 is 0 Å². The molecule has 2 N–H and O–H groups in total. The van der Waals surface area contributed by atoms with E-state index in [1.54, 1.807) is 0 Å². The summed E-state index contributed by atoms with van der Waals surface area (Å²) < 4.78 is 0. The van der Waals surface area contributed by atoms with Crippen molar-refractivity contribution in [2.75, 3.05) is 27.2 Å². The molecule has 0 aromatic carbocycles. The molecule has 4 nitrogen and oxygen atoms in total. The molecule has 82 valence electrons. The van der Waals surface area contributed by atoms with E-state index in [9.17, 15) is 4.79 Å². The Morgan fingerprint density at radius 1 is 1.36 bits per heavy atom. The molecule has 0 bridgehead atoms. The molecular formula is C10H21N3O. The molecule has 1 aliphatic rings. The van der Waals surface area contributed by atoms with Crippen LogP contribution in [0.1, 0.15) is 26.2 Å². The first-order chi connectivity index (χ1) is 6.60. The second-order valence-electron chi connectivity index (χ2n) is 4.19. The first-order valence-corrected chi connectivity index (χ1v) is 5.30. The Morgan fingerprint density at radius 3 is 2.36 bits per heavy atom. The zero-order valence-electron chi connectivity index (χ0n) is 9.39. The average molecular weight is 199 g/mol. The molecule has 1 saturated carbocycles. The first-order valence-electron chi connectivity index (χ1n) is 5.30. The van der Waals surface area contributed by atoms with E-state index in [0.717, 1.165) is 6.54 Å². The Labute approximate surface area is 86.0 Å². The molecular weight excluding hydrogens is 178 g/mol. The second-order valence-corrected chi connectivity index (χ2v) is 4.19. The molecule has 0 aromatic rings. The molecule has 0 spiro atoms. The van der Waals surface area contributed by atoms with Crippen LogP contribution in [0.15, 0.2) is 0 Å². The maximum absolute atomic E-state index is 11.2. The number of urea groups is 1. The van der Waals surface area contributed by atoms with Crippen molar-refractivity contribution in [1.82, 2.24) is 15.5 Å². The molecule has 0 unspecified atom stereocenters. The average Bonchev–Trinajstić information content (AvgIpc) is 2.02. The maximum Gasteiger partial charge on any atom is 0.314 e. The summed E-state index contributed by atoms with van der Waals surface area (Å²) >= 11 is 0. The van der Waals surface area contributed by atoms with Crippen LogP contribution in [-0.4, -0.2) is 43.7 Å². The minimum absolute atomic E-state index is 0.0550. The van der Waals surface area contributed by atoms with Gasteiger partial charge in [0.05, 0.1) is 0 Å². The molecule has 0 aromatic heterocycles. The van der Waals surface area contributed by atoms with E-state index in [-0.39, 0.29) is 11.6 Å². The monoisotopic (exact) mass is 199 g/mol. The van der Waals surface area contributed by atoms with E-state index in [1.165, 1.54) is 19.3 Å². The molecule has 4 heteroatoms. The molecule has 1 fully saturated rings. The zero-order valence-corrected chi connectivity index (χ0v) is 9.39. The largest absolute Gasteiger partial charge is 0.338 e. The van der Waals surface area contributed by atoms with E-state index in [0.29, 0.717) is 6.54 Å². The van der Waals surface area contributed by atoms with Crippen molar-refractivity contribution in [2.24, 2.45) is 0 Å². The Balaban J connectivity index is 2.31. The second kappa shape index (κ2) is 4.64. The highest BCUT2D eigenvalue weighted by molar-refractivity contribution is 5.73. The number of hydrogen-bond donors (Lipinski definition) is 2. The predicted molar refractivity (Wildman–Crippen MR) is 57.3 cm³/mol. The Kier molecular flexibility index (Phi) is 3.75. The molecule has 1 aliphatic carbocycles. The van der Waals surface area contributed by atoms with Gasteiger partial charge in [-0.2, -0.15) is 0 Å². The third kappa shape index (κ3) is 2.38. The minimum Gasteiger partial charge on any atom is -0.338 e. The first kappa shape index (κ1) is 11.3. The Bertz CT molecular complexity index is 200. The van der Waals surface area contributed by atoms with Crippen molar-refractivity contribution in [1.29, 1.82) is 0 Å². The van der Waals surface area contributed by atoms with Gasteiger partial charge < -0.3 is 15.5 Å². The Morgan fingerprint density at radius 2 is 2.00 bits per heavy atom. The molecule has 2 amide bonds. The van der Waals surface area contributed by atoms with Crippen LogP contribution in [0.3, 0.4) is 0 Å². The number of likely N-dealkylation sites (N-methyl/N-ethyl adjacent to an activating group) is 1. The van der Waals surface area contributed by atoms with Crippen LogP contribution in [-0.2, 0) is 0 Å². The molecule has 0 heterocycles. The summed E-state index contributed by atoms with van der Waals surface area (Å²) in [5, 5.41) is 5.65. The topological polar surface area (TPSA) is 44.4 Å². The quantitative estimate of drug-likeness (QED) is 0.703. The van der Waals surface area contributed by atoms with Gasteiger partial charge in [-0.25, -0.2) is 4.79 Å². The fraction of sp³-hybridized carbons (Fsp3) is 0.900. The minimum atomic E-state index is -0.0550. The third-order valence-corrected chi connectivity index (χ3v) is 3.15. The van der Waals surface area contributed by atoms with Gasteiger partial charge in [-0.3, -0.25) is 0 Å². The summed E-state index contributed by atoms with van der Waals surface area (Å²) in [5.74, 6) is 0. The van der Waals surface area contributed by atoms with Crippen molar-refractivity contribution in [3.05, 3.63) is 0 Å². The molecule has 0 atom stereocenters. The van der Waals surface area contributed by atoms with E-state index >= 15 is 0 Å². The third-order valence-electron chi connectivity index (χ3n) is 3.15. The SMILES string of the molecule is CCNC(=O)NCC1(N(C)C)CCC1. The smallest absolute Gasteiger partial charge is 0.314 e. The summed E-state index contributed by atoms with van der Waals surface area (Å²) in [6.45, 7) is 3.36. The highest BCUT2D eigenvalue weighted by Crippen LogP contribution is 2.35. The van der Waals surface area contributed by atoms with Crippen LogP contribution < -0.4 is 10.6 Å². The van der Waals surface area contributed by atoms with Crippen molar-refractivity contribution in [3.63, 3.8) is 0 Å². The van der Waals surface area contributed by atoms with Crippen molar-refractivity contribution >= 4 is 6.03 Å². The van der Waals surface area contributed by atoms with Crippen LogP contribution in [0, 0.1) is 0 Å². The number of nitrogens with zero attached hydrogens (tertiary/aromatic N) is 1. The lowest BCUT2D eigenvalue weighted by Crippen LogP contribution is -2.58. The van der Waals surface area contributed by atoms with E-state index < -0.39 is 0 Å². The van der Waals surface area contributed by atoms with Crippen molar-refractivity contribution in [2.45, 2.75) is 31.7 Å². The van der Waals surface area contributed by atoms with Gasteiger partial charge in [0.25, 0.3) is 0 Å². The number of amides is 2. The molecule has 0 saturated heterocycles. The predicted octanol–water partition coefficient (Wildman–Crippen LogP) is 0.790. The molecule has 14 heavy (non-hydrogen) atoms. The highest BCUT2D eigenvalue weighted by Gasteiger charge is 2.38. The number of carbonyl (C=O) groups excluding carboxylic acids is 1. The zero-order chi connectivity index (χ0) is 10.6. The van der Waals surface area contributed by atoms with Crippen LogP contribution in [0.25, 0.3) is 0 Å². The highest BCUT2D eigenvalue weighted by atomic mass is 16.2. The maximum atomic E-state index is 11.2. The number of carbonyl (C=O) groups is 1. The summed E-state index contributed by atoms with van der Waals surface area (Å²) in [6.07, 6.45) is 3.65. The van der Waals surface area contributed by atoms with Gasteiger partial charge in [-0.05, 0) is 40.3 Å². The van der Waals surface area contributed by atoms with Gasteiger partial charge in [0, 0.05) is 18.6 Å². The molecule has 1 rings (SSSR count). The molecule has 0 radical (unpaired) electrons. The summed E-state index contributed by atoms with van der Waals surface area (Å²) in [5.41, 5.74) is 0.213. The van der Waals surface area contributed by atoms with Gasteiger partial charge in [-0.15, -0.1) is 0 Å². The van der Waals surface area contributed by atoms with Gasteiger partial charge in [0.2, 0.25) is 0 Å². The molecule has 0 aliphatic heterocycles.